The van der Waals surface area contributed by atoms with E-state index < -0.39 is 0 Å². The third-order valence-corrected chi connectivity index (χ3v) is 3.63. The first-order chi connectivity index (χ1) is 10.2. The number of hydrogen-bond acceptors (Lipinski definition) is 2. The van der Waals surface area contributed by atoms with Crippen molar-refractivity contribution in [2.24, 2.45) is 0 Å². The molecule has 0 fully saturated rings. The summed E-state index contributed by atoms with van der Waals surface area (Å²) in [4.78, 5) is 2.35. The molecule has 21 heavy (non-hydrogen) atoms. The minimum Gasteiger partial charge on any atom is -0.313 e. The van der Waals surface area contributed by atoms with Crippen LogP contribution >= 0.6 is 0 Å². The van der Waals surface area contributed by atoms with Crippen LogP contribution in [-0.4, -0.2) is 18.5 Å². The lowest BCUT2D eigenvalue weighted by Gasteiger charge is -2.17. The minimum atomic E-state index is 0.954. The van der Waals surface area contributed by atoms with Crippen molar-refractivity contribution in [2.75, 3.05) is 13.6 Å². The number of aryl methyl sites for hydroxylation is 1. The topological polar surface area (TPSA) is 15.3 Å². The molecule has 2 nitrogen and oxygen atoms in total. The van der Waals surface area contributed by atoms with Crippen LogP contribution in [0.5, 0.6) is 0 Å². The van der Waals surface area contributed by atoms with Crippen molar-refractivity contribution in [2.45, 2.75) is 33.5 Å². The SMILES string of the molecule is CCNCc1ccc(CN(C)Cc2ccc(C)cc2)cc1. The van der Waals surface area contributed by atoms with E-state index in [0.717, 1.165) is 26.2 Å². The summed E-state index contributed by atoms with van der Waals surface area (Å²) < 4.78 is 0. The van der Waals surface area contributed by atoms with Crippen LogP contribution in [0.15, 0.2) is 48.5 Å². The lowest BCUT2D eigenvalue weighted by atomic mass is 10.1. The molecule has 0 aromatic heterocycles. The summed E-state index contributed by atoms with van der Waals surface area (Å²) in [5.41, 5.74) is 5.40. The molecular weight excluding hydrogens is 256 g/mol. The van der Waals surface area contributed by atoms with E-state index in [1.165, 1.54) is 22.3 Å². The highest BCUT2D eigenvalue weighted by molar-refractivity contribution is 5.23. The van der Waals surface area contributed by atoms with Crippen molar-refractivity contribution in [1.29, 1.82) is 0 Å². The van der Waals surface area contributed by atoms with Gasteiger partial charge in [0.15, 0.2) is 0 Å². The fourth-order valence-corrected chi connectivity index (χ4v) is 2.40. The Kier molecular flexibility index (Phi) is 5.97. The molecule has 0 atom stereocenters. The van der Waals surface area contributed by atoms with Crippen LogP contribution in [0.1, 0.15) is 29.2 Å². The van der Waals surface area contributed by atoms with Gasteiger partial charge in [0.1, 0.15) is 0 Å². The quantitative estimate of drug-likeness (QED) is 0.832. The highest BCUT2D eigenvalue weighted by Crippen LogP contribution is 2.10. The van der Waals surface area contributed by atoms with Crippen LogP contribution in [0, 0.1) is 6.92 Å². The molecule has 0 aliphatic rings. The summed E-state index contributed by atoms with van der Waals surface area (Å²) in [5, 5.41) is 3.35. The molecule has 2 rings (SSSR count). The third kappa shape index (κ3) is 5.33. The summed E-state index contributed by atoms with van der Waals surface area (Å²) >= 11 is 0. The van der Waals surface area contributed by atoms with E-state index in [-0.39, 0.29) is 0 Å². The monoisotopic (exact) mass is 282 g/mol. The van der Waals surface area contributed by atoms with E-state index in [4.69, 9.17) is 0 Å². The lowest BCUT2D eigenvalue weighted by Crippen LogP contribution is -2.17. The normalized spacial score (nSPS) is 11.0. The van der Waals surface area contributed by atoms with Crippen LogP contribution in [0.3, 0.4) is 0 Å². The van der Waals surface area contributed by atoms with Crippen LogP contribution in [0.25, 0.3) is 0 Å². The van der Waals surface area contributed by atoms with E-state index >= 15 is 0 Å². The predicted octanol–water partition coefficient (Wildman–Crippen LogP) is 3.74. The Morgan fingerprint density at radius 1 is 0.810 bits per heavy atom. The molecule has 0 amide bonds. The first kappa shape index (κ1) is 15.7. The lowest BCUT2D eigenvalue weighted by molar-refractivity contribution is 0.319. The maximum atomic E-state index is 3.35. The van der Waals surface area contributed by atoms with Crippen LogP contribution in [-0.2, 0) is 19.6 Å². The zero-order valence-corrected chi connectivity index (χ0v) is 13.4. The standard InChI is InChI=1S/C19H26N2/c1-4-20-13-17-9-11-19(12-10-17)15-21(3)14-18-7-5-16(2)6-8-18/h5-12,20H,4,13-15H2,1-3H3. The number of benzene rings is 2. The van der Waals surface area contributed by atoms with E-state index in [9.17, 15) is 0 Å². The molecule has 0 unspecified atom stereocenters. The first-order valence-corrected chi connectivity index (χ1v) is 7.70. The van der Waals surface area contributed by atoms with Crippen molar-refractivity contribution < 1.29 is 0 Å². The Morgan fingerprint density at radius 3 is 1.81 bits per heavy atom. The molecule has 0 aliphatic carbocycles. The second-order valence-electron chi connectivity index (χ2n) is 5.75. The zero-order chi connectivity index (χ0) is 15.1. The largest absolute Gasteiger partial charge is 0.313 e. The Balaban J connectivity index is 1.87. The van der Waals surface area contributed by atoms with E-state index in [1.54, 1.807) is 0 Å². The van der Waals surface area contributed by atoms with Gasteiger partial charge < -0.3 is 5.32 Å². The minimum absolute atomic E-state index is 0.954. The van der Waals surface area contributed by atoms with Gasteiger partial charge in [0.2, 0.25) is 0 Å². The number of rotatable bonds is 7. The number of hydrogen-bond donors (Lipinski definition) is 1. The fraction of sp³-hybridized carbons (Fsp3) is 0.368. The maximum absolute atomic E-state index is 3.35. The van der Waals surface area contributed by atoms with Gasteiger partial charge in [-0.3, -0.25) is 4.90 Å². The van der Waals surface area contributed by atoms with E-state index in [1.807, 2.05) is 0 Å². The van der Waals surface area contributed by atoms with Gasteiger partial charge in [0.05, 0.1) is 0 Å². The fourth-order valence-electron chi connectivity index (χ4n) is 2.40. The molecule has 0 radical (unpaired) electrons. The molecule has 2 aromatic carbocycles. The molecular formula is C19H26N2. The van der Waals surface area contributed by atoms with Crippen molar-refractivity contribution in [1.82, 2.24) is 10.2 Å². The van der Waals surface area contributed by atoms with Crippen LogP contribution < -0.4 is 5.32 Å². The van der Waals surface area contributed by atoms with Gasteiger partial charge in [-0.05, 0) is 37.2 Å². The van der Waals surface area contributed by atoms with Gasteiger partial charge >= 0.3 is 0 Å². The zero-order valence-electron chi connectivity index (χ0n) is 13.4. The van der Waals surface area contributed by atoms with Crippen molar-refractivity contribution in [3.63, 3.8) is 0 Å². The summed E-state index contributed by atoms with van der Waals surface area (Å²) in [7, 11) is 2.17. The first-order valence-electron chi connectivity index (χ1n) is 7.70. The molecule has 0 heterocycles. The smallest absolute Gasteiger partial charge is 0.0234 e. The van der Waals surface area contributed by atoms with Crippen molar-refractivity contribution in [3.8, 4) is 0 Å². The van der Waals surface area contributed by atoms with Crippen molar-refractivity contribution >= 4 is 0 Å². The average molecular weight is 282 g/mol. The summed E-state index contributed by atoms with van der Waals surface area (Å²) in [6, 6.07) is 17.7. The molecule has 0 bridgehead atoms. The van der Waals surface area contributed by atoms with Gasteiger partial charge in [-0.25, -0.2) is 0 Å². The Hall–Kier alpha value is -1.64. The Morgan fingerprint density at radius 2 is 1.29 bits per heavy atom. The van der Waals surface area contributed by atoms with Gasteiger partial charge in [-0.2, -0.15) is 0 Å². The second-order valence-corrected chi connectivity index (χ2v) is 5.75. The summed E-state index contributed by atoms with van der Waals surface area (Å²) in [5.74, 6) is 0. The average Bonchev–Trinajstić information content (AvgIpc) is 2.49. The summed E-state index contributed by atoms with van der Waals surface area (Å²) in [6.07, 6.45) is 0. The maximum Gasteiger partial charge on any atom is 0.0234 e. The summed E-state index contributed by atoms with van der Waals surface area (Å²) in [6.45, 7) is 8.20. The van der Waals surface area contributed by atoms with Crippen LogP contribution in [0.2, 0.25) is 0 Å². The highest BCUT2D eigenvalue weighted by Gasteiger charge is 2.02. The van der Waals surface area contributed by atoms with Gasteiger partial charge in [-0.15, -0.1) is 0 Å². The number of nitrogens with one attached hydrogen (secondary N) is 1. The second kappa shape index (κ2) is 7.96. The van der Waals surface area contributed by atoms with E-state index in [2.05, 4.69) is 79.6 Å². The molecule has 0 saturated carbocycles. The molecule has 2 aromatic rings. The molecule has 0 aliphatic heterocycles. The molecule has 112 valence electrons. The van der Waals surface area contributed by atoms with Crippen molar-refractivity contribution in [3.05, 3.63) is 70.8 Å². The van der Waals surface area contributed by atoms with E-state index in [0.29, 0.717) is 0 Å². The van der Waals surface area contributed by atoms with Gasteiger partial charge in [0, 0.05) is 19.6 Å². The highest BCUT2D eigenvalue weighted by atomic mass is 15.1. The molecule has 1 N–H and O–H groups in total. The molecule has 0 spiro atoms. The molecule has 0 saturated heterocycles. The Bertz CT molecular complexity index is 528. The van der Waals surface area contributed by atoms with Crippen LogP contribution in [0.4, 0.5) is 0 Å². The van der Waals surface area contributed by atoms with Gasteiger partial charge in [-0.1, -0.05) is 61.0 Å². The third-order valence-electron chi connectivity index (χ3n) is 3.63. The predicted molar refractivity (Wildman–Crippen MR) is 90.2 cm³/mol. The number of nitrogens with zero attached hydrogens (tertiary/aromatic N) is 1. The van der Waals surface area contributed by atoms with Gasteiger partial charge in [0.25, 0.3) is 0 Å². The Labute approximate surface area is 128 Å². The molecule has 2 heteroatoms.